The summed E-state index contributed by atoms with van der Waals surface area (Å²) in [5.74, 6) is 1.41. The van der Waals surface area contributed by atoms with E-state index in [2.05, 4.69) is 25.9 Å². The number of fused-ring (bicyclic) bond motifs is 2. The number of rotatable bonds is 7. The first-order chi connectivity index (χ1) is 21.2. The zero-order valence-corrected chi connectivity index (χ0v) is 26.5. The number of oxazole rings is 2. The van der Waals surface area contributed by atoms with E-state index >= 15 is 0 Å². The highest BCUT2D eigenvalue weighted by Crippen LogP contribution is 2.37. The molecule has 1 fully saturated rings. The van der Waals surface area contributed by atoms with Crippen LogP contribution < -0.4 is 14.9 Å². The summed E-state index contributed by atoms with van der Waals surface area (Å²) in [7, 11) is -0.501. The lowest BCUT2D eigenvalue weighted by atomic mass is 9.78. The highest BCUT2D eigenvalue weighted by Gasteiger charge is 2.52. The van der Waals surface area contributed by atoms with Gasteiger partial charge in [0.1, 0.15) is 24.7 Å². The molecule has 2 aromatic heterocycles. The van der Waals surface area contributed by atoms with Crippen LogP contribution in [0.3, 0.4) is 0 Å². The number of aromatic nitrogens is 2. The zero-order valence-electron chi connectivity index (χ0n) is 25.0. The molecule has 0 saturated carbocycles. The van der Waals surface area contributed by atoms with Crippen molar-refractivity contribution in [2.24, 2.45) is 0 Å². The molecule has 232 valence electrons. The standard InChI is InChI=1S/C20H22BNO4.C14H10BrNO2.CH4/c1-19(2)20(3,4)26-21(25-19)15-10-11-16(17-18(15)24-13-22-17)23-12-14-8-6-5-7-9-14;15-11-6-7-12(13-14(11)18-9-16-13)17-8-10-4-2-1-3-5-10;/h5-11,13H,12H2,1-4H3;1-7,9H,8H2;1H4. The number of benzene rings is 4. The molecule has 1 aliphatic rings. The van der Waals surface area contributed by atoms with Crippen molar-refractivity contribution >= 4 is 50.7 Å². The quantitative estimate of drug-likeness (QED) is 0.156. The van der Waals surface area contributed by atoms with E-state index in [0.717, 1.165) is 32.3 Å². The minimum absolute atomic E-state index is 0. The maximum atomic E-state index is 6.15. The number of hydrogen-bond donors (Lipinski definition) is 0. The minimum atomic E-state index is -0.501. The topological polar surface area (TPSA) is 89.0 Å². The summed E-state index contributed by atoms with van der Waals surface area (Å²) in [6.07, 6.45) is 2.85. The lowest BCUT2D eigenvalue weighted by Gasteiger charge is -2.32. The molecule has 3 heterocycles. The smallest absolute Gasteiger partial charge is 0.486 e. The molecule has 0 aliphatic carbocycles. The van der Waals surface area contributed by atoms with E-state index in [9.17, 15) is 0 Å². The largest absolute Gasteiger partial charge is 0.498 e. The third-order valence-electron chi connectivity index (χ3n) is 7.86. The summed E-state index contributed by atoms with van der Waals surface area (Å²) >= 11 is 3.42. The second kappa shape index (κ2) is 13.5. The van der Waals surface area contributed by atoms with Crippen molar-refractivity contribution in [1.29, 1.82) is 0 Å². The highest BCUT2D eigenvalue weighted by molar-refractivity contribution is 9.10. The Bertz CT molecular complexity index is 1840. The van der Waals surface area contributed by atoms with Crippen molar-refractivity contribution in [3.8, 4) is 11.5 Å². The third-order valence-corrected chi connectivity index (χ3v) is 8.48. The Morgan fingerprint density at radius 3 is 1.64 bits per heavy atom. The normalized spacial score (nSPS) is 14.9. The van der Waals surface area contributed by atoms with Crippen LogP contribution in [0.4, 0.5) is 0 Å². The second-order valence-corrected chi connectivity index (χ2v) is 12.2. The average molecular weight is 671 g/mol. The maximum Gasteiger partial charge on any atom is 0.498 e. The Labute approximate surface area is 271 Å². The van der Waals surface area contributed by atoms with Crippen molar-refractivity contribution < 1.29 is 27.6 Å². The molecular formula is C35H36BBrN2O6. The van der Waals surface area contributed by atoms with Crippen LogP contribution >= 0.6 is 15.9 Å². The van der Waals surface area contributed by atoms with E-state index < -0.39 is 18.3 Å². The molecule has 45 heavy (non-hydrogen) atoms. The van der Waals surface area contributed by atoms with Crippen LogP contribution in [-0.2, 0) is 22.5 Å². The molecule has 1 saturated heterocycles. The average Bonchev–Trinajstić information content (AvgIpc) is 3.76. The van der Waals surface area contributed by atoms with E-state index in [1.54, 1.807) is 0 Å². The van der Waals surface area contributed by atoms with Crippen LogP contribution in [0.1, 0.15) is 46.2 Å². The molecule has 10 heteroatoms. The number of hydrogen-bond acceptors (Lipinski definition) is 8. The van der Waals surface area contributed by atoms with Gasteiger partial charge in [0.05, 0.1) is 15.7 Å². The van der Waals surface area contributed by atoms with Gasteiger partial charge < -0.3 is 27.6 Å². The van der Waals surface area contributed by atoms with Gasteiger partial charge in [0.2, 0.25) is 0 Å². The Hall–Kier alpha value is -4.12. The van der Waals surface area contributed by atoms with Gasteiger partial charge >= 0.3 is 7.12 Å². The summed E-state index contributed by atoms with van der Waals surface area (Å²) in [6.45, 7) is 9.11. The fourth-order valence-corrected chi connectivity index (χ4v) is 5.11. The maximum absolute atomic E-state index is 6.15. The van der Waals surface area contributed by atoms with E-state index in [1.165, 1.54) is 12.8 Å². The van der Waals surface area contributed by atoms with Crippen molar-refractivity contribution in [2.45, 2.75) is 59.5 Å². The predicted molar refractivity (Wildman–Crippen MR) is 180 cm³/mol. The summed E-state index contributed by atoms with van der Waals surface area (Å²) < 4.78 is 35.8. The van der Waals surface area contributed by atoms with Crippen LogP contribution in [0.5, 0.6) is 11.5 Å². The van der Waals surface area contributed by atoms with Crippen molar-refractivity contribution in [3.05, 3.63) is 113 Å². The fourth-order valence-electron chi connectivity index (χ4n) is 4.70. The van der Waals surface area contributed by atoms with Gasteiger partial charge in [0.25, 0.3) is 0 Å². The molecular weight excluding hydrogens is 635 g/mol. The molecule has 6 aromatic rings. The van der Waals surface area contributed by atoms with Crippen LogP contribution in [0.25, 0.3) is 22.2 Å². The van der Waals surface area contributed by atoms with Crippen molar-refractivity contribution in [1.82, 2.24) is 9.97 Å². The molecule has 8 nitrogen and oxygen atoms in total. The lowest BCUT2D eigenvalue weighted by molar-refractivity contribution is 0.00578. The first kappa shape index (κ1) is 32.3. The molecule has 0 bridgehead atoms. The molecule has 0 radical (unpaired) electrons. The van der Waals surface area contributed by atoms with Crippen LogP contribution in [0, 0.1) is 0 Å². The molecule has 0 unspecified atom stereocenters. The van der Waals surface area contributed by atoms with Gasteiger partial charge in [-0.2, -0.15) is 0 Å². The van der Waals surface area contributed by atoms with Crippen LogP contribution in [0.15, 0.2) is 111 Å². The molecule has 4 aromatic carbocycles. The van der Waals surface area contributed by atoms with E-state index in [1.807, 2.05) is 113 Å². The number of ether oxygens (including phenoxy) is 2. The Balaban J connectivity index is 0.000000185. The van der Waals surface area contributed by atoms with Gasteiger partial charge in [0.15, 0.2) is 35.0 Å². The summed E-state index contributed by atoms with van der Waals surface area (Å²) in [5, 5.41) is 0. The van der Waals surface area contributed by atoms with E-state index in [0.29, 0.717) is 35.6 Å². The molecule has 1 aliphatic heterocycles. The summed E-state index contributed by atoms with van der Waals surface area (Å²) in [6, 6.07) is 27.7. The molecule has 0 N–H and O–H groups in total. The molecule has 0 atom stereocenters. The van der Waals surface area contributed by atoms with Gasteiger partial charge in [-0.15, -0.1) is 0 Å². The number of nitrogens with zero attached hydrogens (tertiary/aromatic N) is 2. The first-order valence-corrected chi connectivity index (χ1v) is 15.1. The second-order valence-electron chi connectivity index (χ2n) is 11.4. The Morgan fingerprint density at radius 1 is 0.644 bits per heavy atom. The van der Waals surface area contributed by atoms with Crippen LogP contribution in [-0.4, -0.2) is 28.3 Å². The molecule has 7 rings (SSSR count). The minimum Gasteiger partial charge on any atom is -0.486 e. The first-order valence-electron chi connectivity index (χ1n) is 14.3. The van der Waals surface area contributed by atoms with E-state index in [-0.39, 0.29) is 7.43 Å². The SMILES string of the molecule is Brc1ccc(OCc2ccccc2)c2ncoc12.C.CC1(C)OB(c2ccc(OCc3ccccc3)c3ncoc23)OC1(C)C. The molecule has 0 spiro atoms. The summed E-state index contributed by atoms with van der Waals surface area (Å²) in [4.78, 5) is 8.50. The third kappa shape index (κ3) is 6.93. The monoisotopic (exact) mass is 670 g/mol. The van der Waals surface area contributed by atoms with Crippen LogP contribution in [0.2, 0.25) is 0 Å². The van der Waals surface area contributed by atoms with E-state index in [4.69, 9.17) is 27.6 Å². The highest BCUT2D eigenvalue weighted by atomic mass is 79.9. The molecule has 0 amide bonds. The fraction of sp³-hybridized carbons (Fsp3) is 0.257. The lowest BCUT2D eigenvalue weighted by Crippen LogP contribution is -2.41. The summed E-state index contributed by atoms with van der Waals surface area (Å²) in [5.41, 5.74) is 4.97. The zero-order chi connectivity index (χ0) is 30.7. The van der Waals surface area contributed by atoms with Crippen molar-refractivity contribution in [2.75, 3.05) is 0 Å². The Kier molecular flexibility index (Phi) is 9.67. The van der Waals surface area contributed by atoms with Gasteiger partial charge in [-0.25, -0.2) is 9.97 Å². The van der Waals surface area contributed by atoms with Gasteiger partial charge in [-0.05, 0) is 73.0 Å². The van der Waals surface area contributed by atoms with Gasteiger partial charge in [-0.1, -0.05) is 74.2 Å². The van der Waals surface area contributed by atoms with Gasteiger partial charge in [-0.3, -0.25) is 0 Å². The van der Waals surface area contributed by atoms with Gasteiger partial charge in [0, 0.05) is 5.46 Å². The number of halogens is 1. The Morgan fingerprint density at radius 2 is 1.11 bits per heavy atom. The van der Waals surface area contributed by atoms with Crippen molar-refractivity contribution in [3.63, 3.8) is 0 Å². The predicted octanol–water partition coefficient (Wildman–Crippen LogP) is 8.51.